The zero-order chi connectivity index (χ0) is 20.5. The van der Waals surface area contributed by atoms with Crippen LogP contribution in [-0.2, 0) is 23.0 Å². The standard InChI is InChI=1S/C20H24ClN3O3S/c1-14(15-6-4-8-17(21)12-15)23(2)20(25)22-19-9-5-7-16-13-24(28(3,26)27)11-10-18(16)19/h4-9,12,14H,10-11,13H2,1-3H3,(H,22,25). The Balaban J connectivity index is 1.76. The van der Waals surface area contributed by atoms with Crippen molar-refractivity contribution >= 4 is 33.3 Å². The van der Waals surface area contributed by atoms with Crippen molar-refractivity contribution in [1.29, 1.82) is 0 Å². The molecule has 2 aromatic carbocycles. The molecule has 0 spiro atoms. The van der Waals surface area contributed by atoms with E-state index in [1.54, 1.807) is 18.0 Å². The summed E-state index contributed by atoms with van der Waals surface area (Å²) in [5, 5.41) is 3.61. The minimum atomic E-state index is -3.24. The summed E-state index contributed by atoms with van der Waals surface area (Å²) in [6.07, 6.45) is 1.78. The Labute approximate surface area is 171 Å². The fraction of sp³-hybridized carbons (Fsp3) is 0.350. The number of sulfonamides is 1. The first-order valence-corrected chi connectivity index (χ1v) is 11.2. The van der Waals surface area contributed by atoms with E-state index in [1.807, 2.05) is 43.3 Å². The van der Waals surface area contributed by atoms with Crippen LogP contribution in [0.25, 0.3) is 0 Å². The maximum atomic E-state index is 12.8. The molecule has 6 nitrogen and oxygen atoms in total. The monoisotopic (exact) mass is 421 g/mol. The minimum Gasteiger partial charge on any atom is -0.321 e. The van der Waals surface area contributed by atoms with Gasteiger partial charge in [-0.2, -0.15) is 4.31 Å². The van der Waals surface area contributed by atoms with Gasteiger partial charge < -0.3 is 10.2 Å². The third-order valence-electron chi connectivity index (χ3n) is 5.17. The first-order valence-electron chi connectivity index (χ1n) is 9.02. The van der Waals surface area contributed by atoms with Gasteiger partial charge in [0.2, 0.25) is 10.0 Å². The molecule has 28 heavy (non-hydrogen) atoms. The smallest absolute Gasteiger partial charge is 0.321 e. The lowest BCUT2D eigenvalue weighted by atomic mass is 9.99. The number of carbonyl (C=O) groups is 1. The van der Waals surface area contributed by atoms with Crippen molar-refractivity contribution in [3.05, 3.63) is 64.2 Å². The van der Waals surface area contributed by atoms with Gasteiger partial charge in [-0.1, -0.05) is 35.9 Å². The third-order valence-corrected chi connectivity index (χ3v) is 6.66. The van der Waals surface area contributed by atoms with E-state index in [-0.39, 0.29) is 12.1 Å². The van der Waals surface area contributed by atoms with Crippen molar-refractivity contribution < 1.29 is 13.2 Å². The number of nitrogens with one attached hydrogen (secondary N) is 1. The Morgan fingerprint density at radius 2 is 1.96 bits per heavy atom. The van der Waals surface area contributed by atoms with E-state index in [2.05, 4.69) is 5.32 Å². The number of urea groups is 1. The molecule has 8 heteroatoms. The molecule has 0 fully saturated rings. The maximum Gasteiger partial charge on any atom is 0.322 e. The highest BCUT2D eigenvalue weighted by Crippen LogP contribution is 2.28. The van der Waals surface area contributed by atoms with E-state index in [1.165, 1.54) is 10.6 Å². The van der Waals surface area contributed by atoms with E-state index >= 15 is 0 Å². The lowest BCUT2D eigenvalue weighted by molar-refractivity contribution is 0.208. The van der Waals surface area contributed by atoms with Gasteiger partial charge in [-0.05, 0) is 48.2 Å². The quantitative estimate of drug-likeness (QED) is 0.814. The molecule has 1 heterocycles. The van der Waals surface area contributed by atoms with Crippen LogP contribution in [-0.4, -0.2) is 43.5 Å². The predicted molar refractivity (Wildman–Crippen MR) is 112 cm³/mol. The molecule has 0 saturated heterocycles. The summed E-state index contributed by atoms with van der Waals surface area (Å²) in [7, 11) is -1.50. The minimum absolute atomic E-state index is 0.154. The number of hydrogen-bond donors (Lipinski definition) is 1. The zero-order valence-corrected chi connectivity index (χ0v) is 17.7. The van der Waals surface area contributed by atoms with Gasteiger partial charge in [0.15, 0.2) is 0 Å². The molecule has 0 bridgehead atoms. The van der Waals surface area contributed by atoms with Gasteiger partial charge in [0.25, 0.3) is 0 Å². The van der Waals surface area contributed by atoms with Crippen LogP contribution in [0.4, 0.5) is 10.5 Å². The van der Waals surface area contributed by atoms with E-state index in [0.29, 0.717) is 24.5 Å². The van der Waals surface area contributed by atoms with Crippen LogP contribution in [0.2, 0.25) is 5.02 Å². The van der Waals surface area contributed by atoms with Crippen molar-refractivity contribution in [2.24, 2.45) is 0 Å². The molecule has 2 amide bonds. The molecule has 1 aliphatic heterocycles. The molecule has 1 N–H and O–H groups in total. The topological polar surface area (TPSA) is 69.7 Å². The van der Waals surface area contributed by atoms with Crippen LogP contribution in [0.5, 0.6) is 0 Å². The second-order valence-corrected chi connectivity index (χ2v) is 9.48. The summed E-state index contributed by atoms with van der Waals surface area (Å²) in [4.78, 5) is 14.4. The number of rotatable bonds is 4. The Kier molecular flexibility index (Phi) is 5.98. The molecule has 150 valence electrons. The average Bonchev–Trinajstić information content (AvgIpc) is 2.66. The van der Waals surface area contributed by atoms with Crippen molar-refractivity contribution in [2.75, 3.05) is 25.2 Å². The van der Waals surface area contributed by atoms with Crippen LogP contribution in [0.1, 0.15) is 29.7 Å². The molecule has 0 aliphatic carbocycles. The summed E-state index contributed by atoms with van der Waals surface area (Å²) < 4.78 is 25.1. The van der Waals surface area contributed by atoms with Crippen LogP contribution in [0.15, 0.2) is 42.5 Å². The number of amides is 2. The fourth-order valence-corrected chi connectivity index (χ4v) is 4.35. The Bertz CT molecular complexity index is 994. The van der Waals surface area contributed by atoms with Gasteiger partial charge in [0.05, 0.1) is 12.3 Å². The largest absolute Gasteiger partial charge is 0.322 e. The second kappa shape index (κ2) is 8.11. The highest BCUT2D eigenvalue weighted by molar-refractivity contribution is 7.88. The van der Waals surface area contributed by atoms with Crippen molar-refractivity contribution in [1.82, 2.24) is 9.21 Å². The summed E-state index contributed by atoms with van der Waals surface area (Å²) >= 11 is 6.06. The van der Waals surface area contributed by atoms with E-state index < -0.39 is 10.0 Å². The number of fused-ring (bicyclic) bond motifs is 1. The molecule has 1 atom stereocenters. The highest BCUT2D eigenvalue weighted by atomic mass is 35.5. The van der Waals surface area contributed by atoms with Gasteiger partial charge >= 0.3 is 6.03 Å². The van der Waals surface area contributed by atoms with Gasteiger partial charge in [-0.15, -0.1) is 0 Å². The van der Waals surface area contributed by atoms with Gasteiger partial charge in [0.1, 0.15) is 0 Å². The summed E-state index contributed by atoms with van der Waals surface area (Å²) in [5.41, 5.74) is 3.57. The predicted octanol–water partition coefficient (Wildman–Crippen LogP) is 3.88. The lowest BCUT2D eigenvalue weighted by Crippen LogP contribution is -2.37. The summed E-state index contributed by atoms with van der Waals surface area (Å²) in [5.74, 6) is 0. The molecule has 1 aliphatic rings. The SMILES string of the molecule is CC(c1cccc(Cl)c1)N(C)C(=O)Nc1cccc2c1CCN(S(C)(=O)=O)C2. The molecular formula is C20H24ClN3O3S. The molecule has 0 aromatic heterocycles. The first kappa shape index (κ1) is 20.6. The molecule has 2 aromatic rings. The fourth-order valence-electron chi connectivity index (χ4n) is 3.35. The average molecular weight is 422 g/mol. The molecule has 0 saturated carbocycles. The third kappa shape index (κ3) is 4.48. The number of nitrogens with zero attached hydrogens (tertiary/aromatic N) is 2. The second-order valence-electron chi connectivity index (χ2n) is 7.06. The van der Waals surface area contributed by atoms with Crippen molar-refractivity contribution in [3.63, 3.8) is 0 Å². The van der Waals surface area contributed by atoms with E-state index in [0.717, 1.165) is 22.4 Å². The molecule has 0 radical (unpaired) electrons. The Hall–Kier alpha value is -2.09. The number of benzene rings is 2. The Morgan fingerprint density at radius 1 is 1.25 bits per heavy atom. The molecule has 1 unspecified atom stereocenters. The highest BCUT2D eigenvalue weighted by Gasteiger charge is 2.26. The molecular weight excluding hydrogens is 398 g/mol. The van der Waals surface area contributed by atoms with Gasteiger partial charge in [-0.25, -0.2) is 13.2 Å². The summed E-state index contributed by atoms with van der Waals surface area (Å²) in [6.45, 7) is 2.68. The van der Waals surface area contributed by atoms with Crippen LogP contribution in [0, 0.1) is 0 Å². The zero-order valence-electron chi connectivity index (χ0n) is 16.1. The van der Waals surface area contributed by atoms with Crippen LogP contribution >= 0.6 is 11.6 Å². The Morgan fingerprint density at radius 3 is 2.64 bits per heavy atom. The van der Waals surface area contributed by atoms with Crippen molar-refractivity contribution in [3.8, 4) is 0 Å². The van der Waals surface area contributed by atoms with E-state index in [9.17, 15) is 13.2 Å². The van der Waals surface area contributed by atoms with E-state index in [4.69, 9.17) is 11.6 Å². The maximum absolute atomic E-state index is 12.8. The number of halogens is 1. The van der Waals surface area contributed by atoms with Crippen molar-refractivity contribution in [2.45, 2.75) is 25.9 Å². The number of carbonyl (C=O) groups excluding carboxylic acids is 1. The molecule has 3 rings (SSSR count). The van der Waals surface area contributed by atoms with Gasteiger partial charge in [0, 0.05) is 30.8 Å². The van der Waals surface area contributed by atoms with Gasteiger partial charge in [-0.3, -0.25) is 0 Å². The first-order chi connectivity index (χ1) is 13.2. The summed E-state index contributed by atoms with van der Waals surface area (Å²) in [6, 6.07) is 12.6. The van der Waals surface area contributed by atoms with Crippen LogP contribution < -0.4 is 5.32 Å². The van der Waals surface area contributed by atoms with Crippen LogP contribution in [0.3, 0.4) is 0 Å². The lowest BCUT2D eigenvalue weighted by Gasteiger charge is -2.30. The number of hydrogen-bond acceptors (Lipinski definition) is 3. The number of anilines is 1. The normalized spacial score (nSPS) is 15.6.